The van der Waals surface area contributed by atoms with Crippen molar-refractivity contribution >= 4 is 48.3 Å². The first kappa shape index (κ1) is 26.1. The summed E-state index contributed by atoms with van der Waals surface area (Å²) in [5.41, 5.74) is 3.98. The maximum absolute atomic E-state index is 13.7. The number of aryl methyl sites for hydroxylation is 2. The van der Waals surface area contributed by atoms with Crippen LogP contribution in [-0.2, 0) is 14.8 Å². The molecule has 0 radical (unpaired) electrons. The average molecular weight is 552 g/mol. The molecule has 1 aliphatic heterocycles. The number of carbonyl (C=O) groups is 1. The molecule has 0 spiro atoms. The summed E-state index contributed by atoms with van der Waals surface area (Å²) in [4.78, 5) is 20.3. The molecule has 198 valence electrons. The van der Waals surface area contributed by atoms with Crippen LogP contribution in [0.3, 0.4) is 0 Å². The van der Waals surface area contributed by atoms with Gasteiger partial charge in [-0.1, -0.05) is 11.3 Å². The molecular weight excluding hydrogens is 522 g/mol. The fourth-order valence-corrected chi connectivity index (χ4v) is 6.44. The van der Waals surface area contributed by atoms with Crippen molar-refractivity contribution in [2.24, 2.45) is 0 Å². The summed E-state index contributed by atoms with van der Waals surface area (Å²) in [6.07, 6.45) is 1.80. The lowest BCUT2D eigenvalue weighted by molar-refractivity contribution is 0.0917. The zero-order chi connectivity index (χ0) is 26.9. The number of nitrogens with zero attached hydrogens (tertiary/aromatic N) is 2. The minimum atomic E-state index is -3.79. The highest BCUT2D eigenvalue weighted by molar-refractivity contribution is 7.92. The van der Waals surface area contributed by atoms with Crippen LogP contribution in [-0.4, -0.2) is 45.7 Å². The number of benzene rings is 3. The van der Waals surface area contributed by atoms with Gasteiger partial charge in [-0.2, -0.15) is 0 Å². The second-order valence-electron chi connectivity index (χ2n) is 9.31. The molecule has 3 aromatic carbocycles. The van der Waals surface area contributed by atoms with Gasteiger partial charge in [0, 0.05) is 17.9 Å². The third-order valence-electron chi connectivity index (χ3n) is 6.63. The summed E-state index contributed by atoms with van der Waals surface area (Å²) in [7, 11) is -2.28. The monoisotopic (exact) mass is 551 g/mol. The van der Waals surface area contributed by atoms with Gasteiger partial charge in [-0.25, -0.2) is 13.4 Å². The Bertz CT molecular complexity index is 1520. The Morgan fingerprint density at radius 2 is 1.82 bits per heavy atom. The van der Waals surface area contributed by atoms with Gasteiger partial charge in [0.2, 0.25) is 0 Å². The maximum Gasteiger partial charge on any atom is 0.261 e. The molecule has 1 fully saturated rings. The van der Waals surface area contributed by atoms with Gasteiger partial charge in [0.25, 0.3) is 15.9 Å². The molecule has 1 amide bonds. The zero-order valence-corrected chi connectivity index (χ0v) is 23.1. The third kappa shape index (κ3) is 5.52. The van der Waals surface area contributed by atoms with Crippen molar-refractivity contribution < 1.29 is 22.7 Å². The smallest absolute Gasteiger partial charge is 0.261 e. The van der Waals surface area contributed by atoms with Crippen molar-refractivity contribution in [3.63, 3.8) is 0 Å². The topological polar surface area (TPSA) is 97.8 Å². The normalized spacial score (nSPS) is 15.5. The van der Waals surface area contributed by atoms with Crippen LogP contribution in [0.2, 0.25) is 0 Å². The number of ether oxygens (including phenoxy) is 2. The van der Waals surface area contributed by atoms with E-state index in [1.807, 2.05) is 13.0 Å². The van der Waals surface area contributed by atoms with Crippen LogP contribution < -0.4 is 14.4 Å². The summed E-state index contributed by atoms with van der Waals surface area (Å²) >= 11 is 1.48. The summed E-state index contributed by atoms with van der Waals surface area (Å²) in [5.74, 6) is 0.357. The fourth-order valence-electron chi connectivity index (χ4n) is 4.33. The van der Waals surface area contributed by atoms with E-state index in [9.17, 15) is 13.2 Å². The standard InChI is InChI=1S/C28H29N3O5S2/c1-18-15-25-26(16-19(18)2)37-28(29-25)31(17-23-5-4-14-36-23)27(32)20-6-8-21(9-7-20)30-38(33,34)24-12-10-22(35-3)11-13-24/h6-13,15-16,23,30H,4-5,14,17H2,1-3H3. The van der Waals surface area contributed by atoms with Gasteiger partial charge in [0.1, 0.15) is 5.75 Å². The molecule has 5 rings (SSSR count). The number of methoxy groups -OCH3 is 1. The summed E-state index contributed by atoms with van der Waals surface area (Å²) in [6.45, 7) is 5.21. The van der Waals surface area contributed by atoms with Crippen LogP contribution in [0.25, 0.3) is 10.2 Å². The van der Waals surface area contributed by atoms with E-state index in [1.165, 1.54) is 36.1 Å². The molecule has 38 heavy (non-hydrogen) atoms. The molecule has 0 aliphatic carbocycles. The third-order valence-corrected chi connectivity index (χ3v) is 9.07. The van der Waals surface area contributed by atoms with E-state index in [4.69, 9.17) is 14.5 Å². The van der Waals surface area contributed by atoms with Crippen molar-refractivity contribution in [1.29, 1.82) is 0 Å². The van der Waals surface area contributed by atoms with Gasteiger partial charge in [0.15, 0.2) is 5.13 Å². The number of nitrogens with one attached hydrogen (secondary N) is 1. The molecule has 1 saturated heterocycles. The van der Waals surface area contributed by atoms with Crippen LogP contribution in [0.15, 0.2) is 65.6 Å². The number of sulfonamides is 1. The number of aromatic nitrogens is 1. The Kier molecular flexibility index (Phi) is 7.38. The molecule has 4 aromatic rings. The number of carbonyl (C=O) groups excluding carboxylic acids is 1. The second kappa shape index (κ2) is 10.7. The predicted octanol–water partition coefficient (Wildman–Crippen LogP) is 5.55. The number of hydrogen-bond donors (Lipinski definition) is 1. The SMILES string of the molecule is COc1ccc(S(=O)(=O)Nc2ccc(C(=O)N(CC3CCCO3)c3nc4cc(C)c(C)cc4s3)cc2)cc1. The number of hydrogen-bond acceptors (Lipinski definition) is 7. The van der Waals surface area contributed by atoms with Crippen molar-refractivity contribution in [2.75, 3.05) is 29.9 Å². The molecule has 1 aromatic heterocycles. The Morgan fingerprint density at radius 1 is 1.11 bits per heavy atom. The first-order chi connectivity index (χ1) is 18.2. The van der Waals surface area contributed by atoms with Gasteiger partial charge >= 0.3 is 0 Å². The first-order valence-corrected chi connectivity index (χ1v) is 14.6. The molecule has 2 heterocycles. The largest absolute Gasteiger partial charge is 0.497 e. The first-order valence-electron chi connectivity index (χ1n) is 12.3. The molecular formula is C28H29N3O5S2. The van der Waals surface area contributed by atoms with Gasteiger partial charge in [-0.05, 0) is 98.5 Å². The number of rotatable bonds is 8. The second-order valence-corrected chi connectivity index (χ2v) is 12.0. The van der Waals surface area contributed by atoms with E-state index >= 15 is 0 Å². The molecule has 1 atom stereocenters. The Morgan fingerprint density at radius 3 is 2.47 bits per heavy atom. The van der Waals surface area contributed by atoms with Crippen molar-refractivity contribution in [1.82, 2.24) is 4.98 Å². The molecule has 8 nitrogen and oxygen atoms in total. The fraction of sp³-hybridized carbons (Fsp3) is 0.286. The van der Waals surface area contributed by atoms with Crippen molar-refractivity contribution in [3.8, 4) is 5.75 Å². The number of thiazole rings is 1. The number of anilines is 2. The Labute approximate surface area is 226 Å². The van der Waals surface area contributed by atoms with Crippen LogP contribution in [0, 0.1) is 13.8 Å². The number of fused-ring (bicyclic) bond motifs is 1. The van der Waals surface area contributed by atoms with Crippen molar-refractivity contribution in [2.45, 2.75) is 37.7 Å². The lowest BCUT2D eigenvalue weighted by atomic mass is 10.1. The minimum absolute atomic E-state index is 0.0509. The lowest BCUT2D eigenvalue weighted by Gasteiger charge is -2.23. The molecule has 0 saturated carbocycles. The highest BCUT2D eigenvalue weighted by Gasteiger charge is 2.27. The summed E-state index contributed by atoms with van der Waals surface area (Å²) < 4.78 is 40.1. The van der Waals surface area contributed by atoms with Gasteiger partial charge in [-0.15, -0.1) is 0 Å². The van der Waals surface area contributed by atoms with E-state index in [0.717, 1.165) is 28.6 Å². The highest BCUT2D eigenvalue weighted by atomic mass is 32.2. The average Bonchev–Trinajstić information content (AvgIpc) is 3.57. The Hall–Kier alpha value is -3.47. The van der Waals surface area contributed by atoms with E-state index in [-0.39, 0.29) is 16.9 Å². The van der Waals surface area contributed by atoms with Crippen molar-refractivity contribution in [3.05, 3.63) is 77.4 Å². The quantitative estimate of drug-likeness (QED) is 0.308. The van der Waals surface area contributed by atoms with Crippen LogP contribution >= 0.6 is 11.3 Å². The van der Waals surface area contributed by atoms with Crippen LogP contribution in [0.4, 0.5) is 10.8 Å². The molecule has 1 aliphatic rings. The van der Waals surface area contributed by atoms with Gasteiger partial charge in [-0.3, -0.25) is 14.4 Å². The van der Waals surface area contributed by atoms with Crippen LogP contribution in [0.1, 0.15) is 34.3 Å². The van der Waals surface area contributed by atoms with Gasteiger partial charge in [0.05, 0.1) is 34.9 Å². The Balaban J connectivity index is 1.39. The molecule has 10 heteroatoms. The molecule has 1 unspecified atom stereocenters. The predicted molar refractivity (Wildman–Crippen MR) is 150 cm³/mol. The minimum Gasteiger partial charge on any atom is -0.497 e. The van der Waals surface area contributed by atoms with E-state index in [1.54, 1.807) is 41.3 Å². The number of amides is 1. The molecule has 0 bridgehead atoms. The molecule has 1 N–H and O–H groups in total. The summed E-state index contributed by atoms with van der Waals surface area (Å²) in [6, 6.07) is 16.7. The highest BCUT2D eigenvalue weighted by Crippen LogP contribution is 2.33. The lowest BCUT2D eigenvalue weighted by Crippen LogP contribution is -2.37. The van der Waals surface area contributed by atoms with E-state index < -0.39 is 10.0 Å². The van der Waals surface area contributed by atoms with E-state index in [2.05, 4.69) is 17.7 Å². The zero-order valence-electron chi connectivity index (χ0n) is 21.4. The summed E-state index contributed by atoms with van der Waals surface area (Å²) in [5, 5.41) is 0.620. The van der Waals surface area contributed by atoms with Gasteiger partial charge < -0.3 is 9.47 Å². The maximum atomic E-state index is 13.7. The van der Waals surface area contributed by atoms with E-state index in [0.29, 0.717) is 35.3 Å². The van der Waals surface area contributed by atoms with Crippen LogP contribution in [0.5, 0.6) is 5.75 Å².